The Morgan fingerprint density at radius 3 is 2.73 bits per heavy atom. The Balaban J connectivity index is 2.11. The maximum atomic E-state index is 11.7. The van der Waals surface area contributed by atoms with Crippen LogP contribution in [0.2, 0.25) is 0 Å². The summed E-state index contributed by atoms with van der Waals surface area (Å²) in [6.07, 6.45) is 3.24. The largest absolute Gasteiger partial charge is 0.382 e. The fourth-order valence-corrected chi connectivity index (χ4v) is 3.30. The molecule has 0 radical (unpaired) electrons. The van der Waals surface area contributed by atoms with Crippen LogP contribution < -0.4 is 10.5 Å². The molecule has 146 valence electrons. The molecule has 0 unspecified atom stereocenters. The molecule has 0 atom stereocenters. The van der Waals surface area contributed by atoms with Crippen LogP contribution in [0.25, 0.3) is 11.0 Å². The van der Waals surface area contributed by atoms with E-state index in [2.05, 4.69) is 19.3 Å². The lowest BCUT2D eigenvalue weighted by Gasteiger charge is -2.13. The van der Waals surface area contributed by atoms with E-state index in [1.165, 1.54) is 14.1 Å². The van der Waals surface area contributed by atoms with E-state index in [1.54, 1.807) is 6.20 Å². The van der Waals surface area contributed by atoms with E-state index in [9.17, 15) is 8.42 Å². The Morgan fingerprint density at radius 2 is 2.08 bits per heavy atom. The number of nitrogens with two attached hydrogens (primary N) is 1. The Morgan fingerprint density at radius 1 is 1.35 bits per heavy atom. The van der Waals surface area contributed by atoms with Crippen molar-refractivity contribution in [3.63, 3.8) is 0 Å². The zero-order valence-corrected chi connectivity index (χ0v) is 16.6. The molecular weight excluding hydrogens is 356 g/mol. The smallest absolute Gasteiger partial charge is 0.278 e. The summed E-state index contributed by atoms with van der Waals surface area (Å²) < 4.78 is 34.8. The number of hydrogen-bond acceptors (Lipinski definition) is 6. The molecule has 0 aromatic carbocycles. The van der Waals surface area contributed by atoms with Gasteiger partial charge in [0, 0.05) is 40.0 Å². The van der Waals surface area contributed by atoms with Gasteiger partial charge in [-0.2, -0.15) is 12.7 Å². The van der Waals surface area contributed by atoms with Gasteiger partial charge >= 0.3 is 0 Å². The van der Waals surface area contributed by atoms with Crippen molar-refractivity contribution < 1.29 is 13.2 Å². The van der Waals surface area contributed by atoms with Crippen LogP contribution in [0.15, 0.2) is 6.20 Å². The molecule has 2 rings (SSSR count). The number of ether oxygens (including phenoxy) is 1. The van der Waals surface area contributed by atoms with Crippen LogP contribution in [0.4, 0.5) is 5.82 Å². The third-order valence-electron chi connectivity index (χ3n) is 4.07. The van der Waals surface area contributed by atoms with Gasteiger partial charge in [0.05, 0.1) is 5.52 Å². The lowest BCUT2D eigenvalue weighted by atomic mass is 10.2. The van der Waals surface area contributed by atoms with Gasteiger partial charge in [-0.05, 0) is 32.3 Å². The predicted molar refractivity (Wildman–Crippen MR) is 102 cm³/mol. The summed E-state index contributed by atoms with van der Waals surface area (Å²) in [6.45, 7) is 6.00. The molecule has 26 heavy (non-hydrogen) atoms. The summed E-state index contributed by atoms with van der Waals surface area (Å²) in [5, 5.41) is 0. The van der Waals surface area contributed by atoms with Crippen molar-refractivity contribution in [2.75, 3.05) is 33.0 Å². The van der Waals surface area contributed by atoms with Gasteiger partial charge in [0.25, 0.3) is 10.2 Å². The van der Waals surface area contributed by atoms with Crippen molar-refractivity contribution in [3.05, 3.63) is 17.6 Å². The van der Waals surface area contributed by atoms with Crippen molar-refractivity contribution in [2.24, 2.45) is 0 Å². The predicted octanol–water partition coefficient (Wildman–Crippen LogP) is 1.03. The molecule has 0 aliphatic rings. The minimum absolute atomic E-state index is 0.386. The molecular formula is C16H28N6O3S. The van der Waals surface area contributed by atoms with Gasteiger partial charge in [0.1, 0.15) is 17.9 Å². The van der Waals surface area contributed by atoms with Gasteiger partial charge in [0.2, 0.25) is 0 Å². The summed E-state index contributed by atoms with van der Waals surface area (Å²) in [5.41, 5.74) is 8.62. The molecule has 0 amide bonds. The van der Waals surface area contributed by atoms with E-state index in [4.69, 9.17) is 10.5 Å². The Bertz CT molecular complexity index is 847. The highest BCUT2D eigenvalue weighted by Gasteiger charge is 2.16. The Kier molecular flexibility index (Phi) is 6.93. The first kappa shape index (κ1) is 20.6. The standard InChI is InChI=1S/C16H28N6O3S/c1-5-25-11-13-20-14-15(12(2)10-18-16(14)17)22(13)9-7-6-8-19-26(23,24)21(3)4/h10,19H,5-9,11H2,1-4H3,(H2,17,18). The third-order valence-corrected chi connectivity index (χ3v) is 5.60. The number of aryl methyl sites for hydroxylation is 2. The zero-order chi connectivity index (χ0) is 19.3. The fourth-order valence-electron chi connectivity index (χ4n) is 2.64. The first-order valence-electron chi connectivity index (χ1n) is 8.63. The molecule has 9 nitrogen and oxygen atoms in total. The SMILES string of the molecule is CCOCc1nc2c(N)ncc(C)c2n1CCCCNS(=O)(=O)N(C)C. The van der Waals surface area contributed by atoms with E-state index in [1.807, 2.05) is 13.8 Å². The van der Waals surface area contributed by atoms with Crippen LogP contribution >= 0.6 is 0 Å². The van der Waals surface area contributed by atoms with Gasteiger partial charge in [-0.3, -0.25) is 0 Å². The highest BCUT2D eigenvalue weighted by atomic mass is 32.2. The maximum absolute atomic E-state index is 11.7. The number of rotatable bonds is 10. The number of imidazole rings is 1. The molecule has 3 N–H and O–H groups in total. The minimum Gasteiger partial charge on any atom is -0.382 e. The van der Waals surface area contributed by atoms with Crippen LogP contribution in [-0.4, -0.2) is 54.5 Å². The number of anilines is 1. The molecule has 0 bridgehead atoms. The van der Waals surface area contributed by atoms with E-state index >= 15 is 0 Å². The molecule has 10 heteroatoms. The van der Waals surface area contributed by atoms with Crippen LogP contribution in [-0.2, 0) is 28.1 Å². The third kappa shape index (κ3) is 4.70. The van der Waals surface area contributed by atoms with E-state index < -0.39 is 10.2 Å². The fraction of sp³-hybridized carbons (Fsp3) is 0.625. The zero-order valence-electron chi connectivity index (χ0n) is 15.8. The first-order valence-corrected chi connectivity index (χ1v) is 10.1. The van der Waals surface area contributed by atoms with Crippen LogP contribution in [0.1, 0.15) is 31.2 Å². The van der Waals surface area contributed by atoms with Crippen LogP contribution in [0.5, 0.6) is 0 Å². The number of nitrogens with zero attached hydrogens (tertiary/aromatic N) is 4. The molecule has 2 heterocycles. The van der Waals surface area contributed by atoms with Crippen LogP contribution in [0, 0.1) is 6.92 Å². The lowest BCUT2D eigenvalue weighted by Crippen LogP contribution is -2.36. The second-order valence-electron chi connectivity index (χ2n) is 6.23. The Labute approximate surface area is 154 Å². The lowest BCUT2D eigenvalue weighted by molar-refractivity contribution is 0.126. The average molecular weight is 385 g/mol. The number of unbranched alkanes of at least 4 members (excludes halogenated alkanes) is 1. The normalized spacial score (nSPS) is 12.3. The summed E-state index contributed by atoms with van der Waals surface area (Å²) >= 11 is 0. The highest BCUT2D eigenvalue weighted by molar-refractivity contribution is 7.87. The van der Waals surface area contributed by atoms with Crippen molar-refractivity contribution in [2.45, 2.75) is 39.8 Å². The average Bonchev–Trinajstić information content (AvgIpc) is 2.95. The van der Waals surface area contributed by atoms with Crippen molar-refractivity contribution in [1.82, 2.24) is 23.6 Å². The van der Waals surface area contributed by atoms with Gasteiger partial charge in [-0.15, -0.1) is 0 Å². The number of hydrogen-bond donors (Lipinski definition) is 2. The highest BCUT2D eigenvalue weighted by Crippen LogP contribution is 2.24. The number of fused-ring (bicyclic) bond motifs is 1. The summed E-state index contributed by atoms with van der Waals surface area (Å²) in [6, 6.07) is 0. The quantitative estimate of drug-likeness (QED) is 0.591. The van der Waals surface area contributed by atoms with E-state index in [-0.39, 0.29) is 0 Å². The van der Waals surface area contributed by atoms with Crippen molar-refractivity contribution in [3.8, 4) is 0 Å². The Hall–Kier alpha value is -1.75. The number of aromatic nitrogens is 3. The second kappa shape index (κ2) is 8.76. The molecule has 0 aliphatic carbocycles. The summed E-state index contributed by atoms with van der Waals surface area (Å²) in [4.78, 5) is 8.78. The summed E-state index contributed by atoms with van der Waals surface area (Å²) in [7, 11) is -0.378. The minimum atomic E-state index is -3.38. The number of nitrogens with one attached hydrogen (secondary N) is 1. The van der Waals surface area contributed by atoms with E-state index in [0.717, 1.165) is 27.6 Å². The van der Waals surface area contributed by atoms with Gasteiger partial charge < -0.3 is 15.0 Å². The first-order chi connectivity index (χ1) is 12.3. The molecule has 2 aromatic heterocycles. The molecule has 2 aromatic rings. The van der Waals surface area contributed by atoms with Gasteiger partial charge in [-0.25, -0.2) is 14.7 Å². The molecule has 0 fully saturated rings. The molecule has 0 aliphatic heterocycles. The second-order valence-corrected chi connectivity index (χ2v) is 8.20. The van der Waals surface area contributed by atoms with Crippen LogP contribution in [0.3, 0.4) is 0 Å². The van der Waals surface area contributed by atoms with Crippen molar-refractivity contribution >= 4 is 27.1 Å². The van der Waals surface area contributed by atoms with Gasteiger partial charge in [-0.1, -0.05) is 0 Å². The topological polar surface area (TPSA) is 115 Å². The van der Waals surface area contributed by atoms with Crippen molar-refractivity contribution in [1.29, 1.82) is 0 Å². The number of pyridine rings is 1. The number of nitrogen functional groups attached to an aromatic ring is 1. The molecule has 0 saturated heterocycles. The monoisotopic (exact) mass is 384 g/mol. The maximum Gasteiger partial charge on any atom is 0.278 e. The van der Waals surface area contributed by atoms with E-state index in [0.29, 0.717) is 44.1 Å². The van der Waals surface area contributed by atoms with Gasteiger partial charge in [0.15, 0.2) is 5.82 Å². The summed E-state index contributed by atoms with van der Waals surface area (Å²) in [5.74, 6) is 1.21. The molecule has 0 spiro atoms. The molecule has 0 saturated carbocycles.